The maximum atomic E-state index is 13.0. The minimum atomic E-state index is -3.41. The molecule has 1 N–H and O–H groups in total. The average molecular weight is 311 g/mol. The summed E-state index contributed by atoms with van der Waals surface area (Å²) in [6.45, 7) is 0. The first kappa shape index (κ1) is 15.1. The van der Waals surface area contributed by atoms with Crippen LogP contribution < -0.4 is 5.32 Å². The van der Waals surface area contributed by atoms with E-state index < -0.39 is 27.4 Å². The lowest BCUT2D eigenvalue weighted by Gasteiger charge is -2.07. The first-order chi connectivity index (χ1) is 9.75. The number of hydrogen-bond acceptors (Lipinski definition) is 3. The van der Waals surface area contributed by atoms with E-state index >= 15 is 0 Å². The number of rotatable bonds is 3. The molecule has 7 heteroatoms. The molecule has 0 aliphatic rings. The molecule has 0 saturated heterocycles. The van der Waals surface area contributed by atoms with Gasteiger partial charge >= 0.3 is 0 Å². The monoisotopic (exact) mass is 311 g/mol. The first-order valence-corrected chi connectivity index (χ1v) is 7.72. The van der Waals surface area contributed by atoms with E-state index in [1.54, 1.807) is 0 Å². The average Bonchev–Trinajstić information content (AvgIpc) is 2.37. The molecule has 0 spiro atoms. The molecule has 0 unspecified atom stereocenters. The normalized spacial score (nSPS) is 11.2. The van der Waals surface area contributed by atoms with Crippen molar-refractivity contribution in [3.8, 4) is 0 Å². The van der Waals surface area contributed by atoms with Gasteiger partial charge in [-0.3, -0.25) is 4.79 Å². The maximum Gasteiger partial charge on any atom is 0.255 e. The molecule has 110 valence electrons. The van der Waals surface area contributed by atoms with Crippen molar-refractivity contribution in [1.29, 1.82) is 0 Å². The van der Waals surface area contributed by atoms with Gasteiger partial charge in [-0.05, 0) is 30.3 Å². The number of sulfone groups is 1. The molecular weight excluding hydrogens is 300 g/mol. The van der Waals surface area contributed by atoms with Crippen molar-refractivity contribution in [3.05, 3.63) is 59.7 Å². The summed E-state index contributed by atoms with van der Waals surface area (Å²) in [5.74, 6) is -2.48. The zero-order valence-electron chi connectivity index (χ0n) is 10.9. The predicted octanol–water partition coefficient (Wildman–Crippen LogP) is 2.62. The fraction of sp³-hybridized carbons (Fsp3) is 0.0714. The summed E-state index contributed by atoms with van der Waals surface area (Å²) in [5.41, 5.74) is 0.0184. The summed E-state index contributed by atoms with van der Waals surface area (Å²) in [6, 6.07) is 8.01. The van der Waals surface area contributed by atoms with Crippen LogP contribution in [0, 0.1) is 11.6 Å². The third-order valence-corrected chi connectivity index (χ3v) is 3.76. The zero-order valence-corrected chi connectivity index (χ0v) is 11.7. The van der Waals surface area contributed by atoms with Crippen molar-refractivity contribution in [2.75, 3.05) is 11.6 Å². The van der Waals surface area contributed by atoms with Gasteiger partial charge in [-0.25, -0.2) is 17.2 Å². The maximum absolute atomic E-state index is 13.0. The van der Waals surface area contributed by atoms with Crippen LogP contribution in [0.4, 0.5) is 14.5 Å². The number of carbonyl (C=O) groups excluding carboxylic acids is 1. The zero-order chi connectivity index (χ0) is 15.6. The molecule has 0 aliphatic heterocycles. The van der Waals surface area contributed by atoms with Crippen molar-refractivity contribution in [3.63, 3.8) is 0 Å². The van der Waals surface area contributed by atoms with Crippen LogP contribution in [-0.2, 0) is 9.84 Å². The number of nitrogens with one attached hydrogen (secondary N) is 1. The van der Waals surface area contributed by atoms with E-state index in [-0.39, 0.29) is 16.1 Å². The summed E-state index contributed by atoms with van der Waals surface area (Å²) in [6.07, 6.45) is 1.04. The van der Waals surface area contributed by atoms with E-state index in [2.05, 4.69) is 5.32 Å². The van der Waals surface area contributed by atoms with Crippen molar-refractivity contribution in [2.24, 2.45) is 0 Å². The Morgan fingerprint density at radius 2 is 1.67 bits per heavy atom. The highest BCUT2D eigenvalue weighted by Crippen LogP contribution is 2.17. The van der Waals surface area contributed by atoms with Crippen molar-refractivity contribution >= 4 is 21.4 Å². The summed E-state index contributed by atoms with van der Waals surface area (Å²) in [7, 11) is -3.41. The van der Waals surface area contributed by atoms with Gasteiger partial charge in [-0.2, -0.15) is 0 Å². The molecule has 0 aromatic heterocycles. The van der Waals surface area contributed by atoms with Gasteiger partial charge in [0.25, 0.3) is 5.91 Å². The third kappa shape index (κ3) is 3.85. The van der Waals surface area contributed by atoms with E-state index in [4.69, 9.17) is 0 Å². The second kappa shape index (κ2) is 5.61. The lowest BCUT2D eigenvalue weighted by atomic mass is 10.2. The Labute approximate surface area is 120 Å². The predicted molar refractivity (Wildman–Crippen MR) is 73.9 cm³/mol. The van der Waals surface area contributed by atoms with E-state index in [0.29, 0.717) is 6.07 Å². The van der Waals surface area contributed by atoms with Crippen LogP contribution in [0.3, 0.4) is 0 Å². The summed E-state index contributed by atoms with van der Waals surface area (Å²) >= 11 is 0. The summed E-state index contributed by atoms with van der Waals surface area (Å²) in [4.78, 5) is 11.9. The van der Waals surface area contributed by atoms with Crippen LogP contribution in [-0.4, -0.2) is 20.6 Å². The topological polar surface area (TPSA) is 63.2 Å². The molecule has 2 aromatic rings. The van der Waals surface area contributed by atoms with Crippen LogP contribution in [0.15, 0.2) is 47.4 Å². The van der Waals surface area contributed by atoms with Gasteiger partial charge < -0.3 is 5.32 Å². The minimum absolute atomic E-state index is 0.0331. The molecule has 4 nitrogen and oxygen atoms in total. The number of anilines is 1. The van der Waals surface area contributed by atoms with Gasteiger partial charge in [0.05, 0.1) is 4.90 Å². The highest BCUT2D eigenvalue weighted by atomic mass is 32.2. The highest BCUT2D eigenvalue weighted by molar-refractivity contribution is 7.90. The van der Waals surface area contributed by atoms with Crippen molar-refractivity contribution in [2.45, 2.75) is 4.90 Å². The number of carbonyl (C=O) groups is 1. The van der Waals surface area contributed by atoms with Gasteiger partial charge in [-0.15, -0.1) is 0 Å². The number of amides is 1. The van der Waals surface area contributed by atoms with Gasteiger partial charge in [0.1, 0.15) is 11.6 Å². The Morgan fingerprint density at radius 3 is 2.24 bits per heavy atom. The molecule has 0 bridgehead atoms. The second-order valence-electron chi connectivity index (χ2n) is 4.41. The summed E-state index contributed by atoms with van der Waals surface area (Å²) in [5, 5.41) is 2.39. The molecule has 2 rings (SSSR count). The Bertz CT molecular complexity index is 783. The Balaban J connectivity index is 2.28. The van der Waals surface area contributed by atoms with E-state index in [1.807, 2.05) is 0 Å². The molecule has 0 atom stereocenters. The van der Waals surface area contributed by atoms with E-state index in [0.717, 1.165) is 18.4 Å². The Hall–Kier alpha value is -2.28. The molecule has 21 heavy (non-hydrogen) atoms. The van der Waals surface area contributed by atoms with Crippen LogP contribution in [0.25, 0.3) is 0 Å². The van der Waals surface area contributed by atoms with Gasteiger partial charge in [0, 0.05) is 23.6 Å². The fourth-order valence-electron chi connectivity index (χ4n) is 1.69. The van der Waals surface area contributed by atoms with Crippen molar-refractivity contribution in [1.82, 2.24) is 0 Å². The second-order valence-corrected chi connectivity index (χ2v) is 6.43. The van der Waals surface area contributed by atoms with Gasteiger partial charge in [0.15, 0.2) is 9.84 Å². The van der Waals surface area contributed by atoms with Gasteiger partial charge in [-0.1, -0.05) is 6.07 Å². The van der Waals surface area contributed by atoms with E-state index in [9.17, 15) is 22.0 Å². The Morgan fingerprint density at radius 1 is 1.05 bits per heavy atom. The third-order valence-electron chi connectivity index (χ3n) is 2.64. The molecule has 0 radical (unpaired) electrons. The quantitative estimate of drug-likeness (QED) is 0.948. The fourth-order valence-corrected chi connectivity index (χ4v) is 2.36. The number of hydrogen-bond donors (Lipinski definition) is 1. The smallest absolute Gasteiger partial charge is 0.255 e. The van der Waals surface area contributed by atoms with Crippen LogP contribution >= 0.6 is 0 Å². The molecule has 0 heterocycles. The largest absolute Gasteiger partial charge is 0.322 e. The minimum Gasteiger partial charge on any atom is -0.322 e. The molecular formula is C14H11F2NO3S. The standard InChI is InChI=1S/C14H11F2NO3S/c1-21(19,20)13-4-2-3-12(8-13)17-14(18)9-5-10(15)7-11(16)6-9/h2-8H,1H3,(H,17,18). The highest BCUT2D eigenvalue weighted by Gasteiger charge is 2.12. The molecule has 0 fully saturated rings. The Kier molecular flexibility index (Phi) is 4.04. The number of benzene rings is 2. The lowest BCUT2D eigenvalue weighted by molar-refractivity contribution is 0.102. The van der Waals surface area contributed by atoms with Crippen LogP contribution in [0.5, 0.6) is 0 Å². The number of halogens is 2. The first-order valence-electron chi connectivity index (χ1n) is 5.83. The molecule has 2 aromatic carbocycles. The van der Waals surface area contributed by atoms with Crippen molar-refractivity contribution < 1.29 is 22.0 Å². The summed E-state index contributed by atoms with van der Waals surface area (Å²) < 4.78 is 48.9. The molecule has 0 saturated carbocycles. The van der Waals surface area contributed by atoms with Crippen LogP contribution in [0.1, 0.15) is 10.4 Å². The van der Waals surface area contributed by atoms with Crippen LogP contribution in [0.2, 0.25) is 0 Å². The molecule has 1 amide bonds. The molecule has 0 aliphatic carbocycles. The lowest BCUT2D eigenvalue weighted by Crippen LogP contribution is -2.13. The SMILES string of the molecule is CS(=O)(=O)c1cccc(NC(=O)c2cc(F)cc(F)c2)c1. The van der Waals surface area contributed by atoms with Gasteiger partial charge in [0.2, 0.25) is 0 Å². The van der Waals surface area contributed by atoms with E-state index in [1.165, 1.54) is 24.3 Å².